The highest BCUT2D eigenvalue weighted by Crippen LogP contribution is 2.36. The normalized spacial score (nSPS) is 11.0. The Balaban J connectivity index is 1.80. The average Bonchev–Trinajstić information content (AvgIpc) is 3.36. The van der Waals surface area contributed by atoms with Gasteiger partial charge in [0.1, 0.15) is 23.4 Å². The number of rotatable bonds is 11. The van der Waals surface area contributed by atoms with Crippen LogP contribution in [0.1, 0.15) is 58.5 Å². The Bertz CT molecular complexity index is 1580. The topological polar surface area (TPSA) is 97.0 Å². The van der Waals surface area contributed by atoms with Crippen LogP contribution in [0.25, 0.3) is 11.0 Å². The van der Waals surface area contributed by atoms with Gasteiger partial charge in [0.25, 0.3) is 5.91 Å². The van der Waals surface area contributed by atoms with Crippen LogP contribution in [-0.4, -0.2) is 35.9 Å². The molecule has 0 atom stereocenters. The Labute approximate surface area is 258 Å². The smallest absolute Gasteiger partial charge is 0.341 e. The molecule has 208 valence electrons. The number of furan rings is 1. The molecule has 4 aromatic rings. The summed E-state index contributed by atoms with van der Waals surface area (Å²) in [5, 5.41) is 9.71. The second-order valence-electron chi connectivity index (χ2n) is 9.04. The Morgan fingerprint density at radius 3 is 2.40 bits per heavy atom. The van der Waals surface area contributed by atoms with Crippen molar-refractivity contribution in [2.45, 2.75) is 33.1 Å². The van der Waals surface area contributed by atoms with Gasteiger partial charge >= 0.3 is 5.97 Å². The number of benzene rings is 3. The molecule has 1 amide bonds. The van der Waals surface area contributed by atoms with E-state index in [2.05, 4.69) is 45.2 Å². The zero-order valence-electron chi connectivity index (χ0n) is 21.8. The summed E-state index contributed by atoms with van der Waals surface area (Å²) in [7, 11) is 0. The van der Waals surface area contributed by atoms with Crippen LogP contribution in [0.4, 0.5) is 10.1 Å². The molecule has 0 radical (unpaired) electrons. The lowest BCUT2D eigenvalue weighted by Crippen LogP contribution is -2.31. The van der Waals surface area contributed by atoms with Crippen molar-refractivity contribution in [1.82, 2.24) is 0 Å². The van der Waals surface area contributed by atoms with Crippen LogP contribution in [0, 0.1) is 13.0 Å². The maximum absolute atomic E-state index is 13.9. The van der Waals surface area contributed by atoms with Gasteiger partial charge in [-0.3, -0.25) is 9.59 Å². The molecule has 0 unspecified atom stereocenters. The largest absolute Gasteiger partial charge is 0.480 e. The van der Waals surface area contributed by atoms with E-state index in [0.29, 0.717) is 38.8 Å². The number of halogens is 3. The summed E-state index contributed by atoms with van der Waals surface area (Å²) >= 11 is 4.24. The predicted octanol–water partition coefficient (Wildman–Crippen LogP) is 7.48. The number of amides is 1. The molecule has 7 nitrogen and oxygen atoms in total. The van der Waals surface area contributed by atoms with E-state index < -0.39 is 18.4 Å². The Morgan fingerprint density at radius 2 is 1.75 bits per heavy atom. The van der Waals surface area contributed by atoms with Gasteiger partial charge in [-0.1, -0.05) is 20.3 Å². The first kappa shape index (κ1) is 30.0. The molecule has 0 spiro atoms. The van der Waals surface area contributed by atoms with E-state index in [4.69, 9.17) is 9.15 Å². The Kier molecular flexibility index (Phi) is 9.82. The lowest BCUT2D eigenvalue weighted by molar-refractivity contribution is -0.139. The predicted molar refractivity (Wildman–Crippen MR) is 167 cm³/mol. The maximum atomic E-state index is 13.9. The van der Waals surface area contributed by atoms with E-state index in [-0.39, 0.29) is 28.6 Å². The number of carbonyl (C=O) groups is 3. The highest BCUT2D eigenvalue weighted by Gasteiger charge is 2.26. The fourth-order valence-electron chi connectivity index (χ4n) is 4.33. The number of hydrogen-bond acceptors (Lipinski definition) is 5. The van der Waals surface area contributed by atoms with Crippen LogP contribution in [0.2, 0.25) is 0 Å². The molecule has 0 aliphatic heterocycles. The third-order valence-corrected chi connectivity index (χ3v) is 8.49. The number of anilines is 1. The van der Waals surface area contributed by atoms with E-state index in [1.807, 2.05) is 13.8 Å². The highest BCUT2D eigenvalue weighted by atomic mass is 127. The fourth-order valence-corrected chi connectivity index (χ4v) is 6.92. The van der Waals surface area contributed by atoms with Crippen LogP contribution in [0.15, 0.2) is 59.2 Å². The Hall–Kier alpha value is -3.00. The summed E-state index contributed by atoms with van der Waals surface area (Å²) in [6.07, 6.45) is 3.65. The summed E-state index contributed by atoms with van der Waals surface area (Å²) in [6.45, 7) is 3.84. The molecular weight excluding hydrogens is 743 g/mol. The van der Waals surface area contributed by atoms with Gasteiger partial charge in [0.05, 0.1) is 14.7 Å². The number of unbranched alkanes of at least 4 members (excludes halogenated alkanes) is 1. The maximum Gasteiger partial charge on any atom is 0.341 e. The van der Waals surface area contributed by atoms with Crippen molar-refractivity contribution >= 4 is 79.5 Å². The molecular formula is C30H26FI2NO6. The van der Waals surface area contributed by atoms with Gasteiger partial charge in [0.15, 0.2) is 6.61 Å². The molecule has 0 aliphatic rings. The third-order valence-electron chi connectivity index (χ3n) is 6.39. The molecule has 1 heterocycles. The van der Waals surface area contributed by atoms with Crippen molar-refractivity contribution < 1.29 is 33.0 Å². The molecule has 3 aromatic carbocycles. The standard InChI is InChI=1S/C30H26FI2NO6/c1-3-5-12-34(30(38)17-6-8-18(31)9-7-17)19-10-11-25-21(13-19)23(15-39-25)28(37)22-14-24(32)20(4-2)27(33)29(22)40-16-26(35)36/h6-11,13-15H,3-5,12,16H2,1-2H3,(H,35,36). The summed E-state index contributed by atoms with van der Waals surface area (Å²) in [4.78, 5) is 40.2. The fraction of sp³-hybridized carbons (Fsp3) is 0.233. The summed E-state index contributed by atoms with van der Waals surface area (Å²) in [5.74, 6) is -2.04. The second kappa shape index (κ2) is 13.1. The van der Waals surface area contributed by atoms with Crippen LogP contribution in [-0.2, 0) is 11.2 Å². The van der Waals surface area contributed by atoms with E-state index in [1.165, 1.54) is 30.5 Å². The van der Waals surface area contributed by atoms with Crippen molar-refractivity contribution in [3.05, 3.63) is 90.0 Å². The van der Waals surface area contributed by atoms with Crippen LogP contribution in [0.3, 0.4) is 0 Å². The van der Waals surface area contributed by atoms with Crippen molar-refractivity contribution in [2.75, 3.05) is 18.1 Å². The van der Waals surface area contributed by atoms with E-state index in [9.17, 15) is 23.9 Å². The number of fused-ring (bicyclic) bond motifs is 1. The highest BCUT2D eigenvalue weighted by molar-refractivity contribution is 14.1. The van der Waals surface area contributed by atoms with Gasteiger partial charge in [0, 0.05) is 26.8 Å². The lowest BCUT2D eigenvalue weighted by Gasteiger charge is -2.23. The number of carboxylic acid groups (broad SMARTS) is 1. The van der Waals surface area contributed by atoms with Crippen LogP contribution >= 0.6 is 45.2 Å². The first-order chi connectivity index (χ1) is 19.2. The number of carbonyl (C=O) groups excluding carboxylic acids is 2. The van der Waals surface area contributed by atoms with Crippen molar-refractivity contribution in [3.8, 4) is 5.75 Å². The third kappa shape index (κ3) is 6.32. The molecule has 0 saturated carbocycles. The second-order valence-corrected chi connectivity index (χ2v) is 11.3. The SMILES string of the molecule is CCCCN(C(=O)c1ccc(F)cc1)c1ccc2occ(C(=O)c3cc(I)c(CC)c(I)c3OCC(=O)O)c2c1. The number of ketones is 1. The van der Waals surface area contributed by atoms with Gasteiger partial charge in [0.2, 0.25) is 5.78 Å². The van der Waals surface area contributed by atoms with Crippen molar-refractivity contribution in [3.63, 3.8) is 0 Å². The summed E-state index contributed by atoms with van der Waals surface area (Å²) in [5.41, 5.74) is 2.82. The van der Waals surface area contributed by atoms with Crippen LogP contribution in [0.5, 0.6) is 5.75 Å². The summed E-state index contributed by atoms with van der Waals surface area (Å²) in [6, 6.07) is 12.3. The van der Waals surface area contributed by atoms with Gasteiger partial charge in [-0.05, 0) is 112 Å². The van der Waals surface area contributed by atoms with Gasteiger partial charge < -0.3 is 19.2 Å². The van der Waals surface area contributed by atoms with Crippen molar-refractivity contribution in [2.24, 2.45) is 0 Å². The number of carboxylic acids is 1. The zero-order chi connectivity index (χ0) is 29.0. The van der Waals surface area contributed by atoms with Gasteiger partial charge in [-0.15, -0.1) is 0 Å². The van der Waals surface area contributed by atoms with Gasteiger partial charge in [-0.2, -0.15) is 0 Å². The molecule has 0 fully saturated rings. The van der Waals surface area contributed by atoms with E-state index in [1.54, 1.807) is 29.2 Å². The number of ether oxygens (including phenoxy) is 1. The zero-order valence-corrected chi connectivity index (χ0v) is 26.1. The van der Waals surface area contributed by atoms with Crippen molar-refractivity contribution in [1.29, 1.82) is 0 Å². The minimum atomic E-state index is -1.15. The molecule has 10 heteroatoms. The number of nitrogens with zero attached hydrogens (tertiary/aromatic N) is 1. The molecule has 1 aromatic heterocycles. The quantitative estimate of drug-likeness (QED) is 0.126. The van der Waals surface area contributed by atoms with E-state index >= 15 is 0 Å². The molecule has 0 bridgehead atoms. The monoisotopic (exact) mass is 769 g/mol. The molecule has 4 rings (SSSR count). The molecule has 1 N–H and O–H groups in total. The van der Waals surface area contributed by atoms with Crippen LogP contribution < -0.4 is 9.64 Å². The minimum absolute atomic E-state index is 0.215. The lowest BCUT2D eigenvalue weighted by atomic mass is 9.99. The average molecular weight is 769 g/mol. The first-order valence-corrected chi connectivity index (χ1v) is 14.8. The Morgan fingerprint density at radius 1 is 1.02 bits per heavy atom. The molecule has 0 saturated heterocycles. The molecule has 0 aliphatic carbocycles. The number of aliphatic carboxylic acids is 1. The minimum Gasteiger partial charge on any atom is -0.480 e. The van der Waals surface area contributed by atoms with Gasteiger partial charge in [-0.25, -0.2) is 9.18 Å². The molecule has 40 heavy (non-hydrogen) atoms. The number of hydrogen-bond donors (Lipinski definition) is 1. The summed E-state index contributed by atoms with van der Waals surface area (Å²) < 4.78 is 26.3. The first-order valence-electron chi connectivity index (χ1n) is 12.6. The van der Waals surface area contributed by atoms with E-state index in [0.717, 1.165) is 22.0 Å².